The summed E-state index contributed by atoms with van der Waals surface area (Å²) in [7, 11) is 0. The molecule has 0 aromatic rings. The van der Waals surface area contributed by atoms with Crippen LogP contribution in [0.15, 0.2) is 0 Å². The van der Waals surface area contributed by atoms with Crippen molar-refractivity contribution in [2.45, 2.75) is 59.5 Å². The molecule has 0 aliphatic heterocycles. The molecule has 1 fully saturated rings. The number of carbonyl (C=O) groups is 2. The normalized spacial score (nSPS) is 15.9. The molecule has 2 amide bonds. The van der Waals surface area contributed by atoms with Crippen LogP contribution >= 0.6 is 0 Å². The summed E-state index contributed by atoms with van der Waals surface area (Å²) in [5.74, 6) is -0.0505. The molecular formula is C13H24N2O2. The first-order valence-corrected chi connectivity index (χ1v) is 6.33. The van der Waals surface area contributed by atoms with Gasteiger partial charge >= 0.3 is 0 Å². The maximum absolute atomic E-state index is 12.0. The first kappa shape index (κ1) is 14.0. The van der Waals surface area contributed by atoms with Gasteiger partial charge in [-0.15, -0.1) is 0 Å². The minimum atomic E-state index is -0.442. The zero-order valence-corrected chi connectivity index (χ0v) is 11.5. The Labute approximate surface area is 104 Å². The van der Waals surface area contributed by atoms with E-state index in [0.29, 0.717) is 6.04 Å². The highest BCUT2D eigenvalue weighted by Gasteiger charge is 2.34. The third-order valence-corrected chi connectivity index (χ3v) is 2.87. The van der Waals surface area contributed by atoms with E-state index in [1.807, 2.05) is 39.5 Å². The van der Waals surface area contributed by atoms with Crippen molar-refractivity contribution in [2.24, 2.45) is 5.41 Å². The quantitative estimate of drug-likeness (QED) is 0.810. The van der Waals surface area contributed by atoms with Gasteiger partial charge in [0.25, 0.3) is 0 Å². The van der Waals surface area contributed by atoms with Crippen molar-refractivity contribution in [3.63, 3.8) is 0 Å². The van der Waals surface area contributed by atoms with Crippen LogP contribution in [0.5, 0.6) is 0 Å². The van der Waals surface area contributed by atoms with Crippen LogP contribution in [0, 0.1) is 5.41 Å². The van der Waals surface area contributed by atoms with Crippen LogP contribution in [-0.2, 0) is 9.59 Å². The smallest absolute Gasteiger partial charge is 0.242 e. The molecule has 0 bridgehead atoms. The van der Waals surface area contributed by atoms with Crippen LogP contribution in [0.1, 0.15) is 47.5 Å². The van der Waals surface area contributed by atoms with Crippen LogP contribution in [0.25, 0.3) is 0 Å². The van der Waals surface area contributed by atoms with Crippen LogP contribution in [0.3, 0.4) is 0 Å². The minimum absolute atomic E-state index is 0.0279. The molecule has 4 nitrogen and oxygen atoms in total. The van der Waals surface area contributed by atoms with Gasteiger partial charge in [-0.05, 0) is 26.7 Å². The molecule has 1 aliphatic rings. The summed E-state index contributed by atoms with van der Waals surface area (Å²) in [6.45, 7) is 9.67. The van der Waals surface area contributed by atoms with Crippen molar-refractivity contribution in [1.29, 1.82) is 0 Å². The Balaban J connectivity index is 2.45. The van der Waals surface area contributed by atoms with Crippen molar-refractivity contribution < 1.29 is 9.59 Å². The average molecular weight is 240 g/mol. The standard InChI is InChI=1S/C13H24N2O2/c1-9(2)15(10-6-7-10)11(16)8-14-12(17)13(3,4)5/h9-10H,6-8H2,1-5H3,(H,14,17). The summed E-state index contributed by atoms with van der Waals surface area (Å²) >= 11 is 0. The lowest BCUT2D eigenvalue weighted by molar-refractivity contribution is -0.136. The van der Waals surface area contributed by atoms with E-state index in [9.17, 15) is 9.59 Å². The average Bonchev–Trinajstić information content (AvgIpc) is 2.96. The summed E-state index contributed by atoms with van der Waals surface area (Å²) < 4.78 is 0. The molecule has 0 unspecified atom stereocenters. The molecule has 0 spiro atoms. The van der Waals surface area contributed by atoms with Crippen LogP contribution in [0.2, 0.25) is 0 Å². The van der Waals surface area contributed by atoms with E-state index < -0.39 is 5.41 Å². The lowest BCUT2D eigenvalue weighted by Crippen LogP contribution is -2.46. The molecular weight excluding hydrogens is 216 g/mol. The zero-order chi connectivity index (χ0) is 13.2. The number of rotatable bonds is 4. The van der Waals surface area contributed by atoms with E-state index >= 15 is 0 Å². The molecule has 1 rings (SSSR count). The van der Waals surface area contributed by atoms with E-state index in [1.165, 1.54) is 0 Å². The Morgan fingerprint density at radius 2 is 1.82 bits per heavy atom. The number of carbonyl (C=O) groups excluding carboxylic acids is 2. The first-order valence-electron chi connectivity index (χ1n) is 6.33. The van der Waals surface area contributed by atoms with Gasteiger partial charge in [0.2, 0.25) is 11.8 Å². The fourth-order valence-electron chi connectivity index (χ4n) is 1.78. The highest BCUT2D eigenvalue weighted by atomic mass is 16.2. The molecule has 0 saturated heterocycles. The molecule has 1 N–H and O–H groups in total. The summed E-state index contributed by atoms with van der Waals surface area (Å²) in [4.78, 5) is 25.6. The van der Waals surface area contributed by atoms with E-state index in [2.05, 4.69) is 5.32 Å². The first-order chi connectivity index (χ1) is 7.73. The van der Waals surface area contributed by atoms with Crippen molar-refractivity contribution in [2.75, 3.05) is 6.54 Å². The van der Waals surface area contributed by atoms with Gasteiger partial charge in [0.05, 0.1) is 6.54 Å². The van der Waals surface area contributed by atoms with E-state index in [0.717, 1.165) is 12.8 Å². The molecule has 17 heavy (non-hydrogen) atoms. The fourth-order valence-corrected chi connectivity index (χ4v) is 1.78. The number of nitrogens with zero attached hydrogens (tertiary/aromatic N) is 1. The molecule has 0 heterocycles. The SMILES string of the molecule is CC(C)N(C(=O)CNC(=O)C(C)(C)C)C1CC1. The Kier molecular flexibility index (Phi) is 4.17. The lowest BCUT2D eigenvalue weighted by Gasteiger charge is -2.27. The van der Waals surface area contributed by atoms with Gasteiger partial charge in [-0.3, -0.25) is 9.59 Å². The van der Waals surface area contributed by atoms with Crippen LogP contribution in [-0.4, -0.2) is 35.3 Å². The predicted octanol–water partition coefficient (Wildman–Crippen LogP) is 1.55. The summed E-state index contributed by atoms with van der Waals surface area (Å²) in [5.41, 5.74) is -0.442. The molecule has 0 atom stereocenters. The Hall–Kier alpha value is -1.06. The van der Waals surface area contributed by atoms with Gasteiger partial charge in [0.15, 0.2) is 0 Å². The second-order valence-electron chi connectivity index (χ2n) is 6.06. The lowest BCUT2D eigenvalue weighted by atomic mass is 9.96. The van der Waals surface area contributed by atoms with Crippen molar-refractivity contribution in [3.8, 4) is 0 Å². The van der Waals surface area contributed by atoms with Gasteiger partial charge < -0.3 is 10.2 Å². The fraction of sp³-hybridized carbons (Fsp3) is 0.846. The second kappa shape index (κ2) is 5.07. The van der Waals surface area contributed by atoms with E-state index in [-0.39, 0.29) is 24.4 Å². The number of hydrogen-bond donors (Lipinski definition) is 1. The maximum atomic E-state index is 12.0. The molecule has 1 saturated carbocycles. The van der Waals surface area contributed by atoms with Gasteiger partial charge in [0, 0.05) is 17.5 Å². The van der Waals surface area contributed by atoms with Crippen molar-refractivity contribution in [3.05, 3.63) is 0 Å². The highest BCUT2D eigenvalue weighted by Crippen LogP contribution is 2.28. The third kappa shape index (κ3) is 4.02. The summed E-state index contributed by atoms with van der Waals surface area (Å²) in [6, 6.07) is 0.607. The van der Waals surface area contributed by atoms with E-state index in [1.54, 1.807) is 0 Å². The van der Waals surface area contributed by atoms with E-state index in [4.69, 9.17) is 0 Å². The molecule has 0 aromatic heterocycles. The maximum Gasteiger partial charge on any atom is 0.242 e. The predicted molar refractivity (Wildman–Crippen MR) is 67.5 cm³/mol. The second-order valence-corrected chi connectivity index (χ2v) is 6.06. The van der Waals surface area contributed by atoms with Crippen molar-refractivity contribution in [1.82, 2.24) is 10.2 Å². The summed E-state index contributed by atoms with van der Waals surface area (Å²) in [6.07, 6.45) is 2.19. The summed E-state index contributed by atoms with van der Waals surface area (Å²) in [5, 5.41) is 2.71. The third-order valence-electron chi connectivity index (χ3n) is 2.87. The number of hydrogen-bond acceptors (Lipinski definition) is 2. The van der Waals surface area contributed by atoms with Crippen LogP contribution < -0.4 is 5.32 Å². The topological polar surface area (TPSA) is 49.4 Å². The molecule has 1 aliphatic carbocycles. The number of amides is 2. The highest BCUT2D eigenvalue weighted by molar-refractivity contribution is 5.87. The Morgan fingerprint density at radius 1 is 1.29 bits per heavy atom. The Bertz CT molecular complexity index is 299. The van der Waals surface area contributed by atoms with Crippen molar-refractivity contribution >= 4 is 11.8 Å². The van der Waals surface area contributed by atoms with Gasteiger partial charge in [-0.2, -0.15) is 0 Å². The molecule has 0 radical (unpaired) electrons. The minimum Gasteiger partial charge on any atom is -0.347 e. The monoisotopic (exact) mass is 240 g/mol. The zero-order valence-electron chi connectivity index (χ0n) is 11.5. The van der Waals surface area contributed by atoms with Gasteiger partial charge in [-0.1, -0.05) is 20.8 Å². The Morgan fingerprint density at radius 3 is 2.18 bits per heavy atom. The molecule has 4 heteroatoms. The molecule has 0 aromatic carbocycles. The molecule has 98 valence electrons. The van der Waals surface area contributed by atoms with Gasteiger partial charge in [-0.25, -0.2) is 0 Å². The number of nitrogens with one attached hydrogen (secondary N) is 1. The largest absolute Gasteiger partial charge is 0.347 e. The van der Waals surface area contributed by atoms with Crippen LogP contribution in [0.4, 0.5) is 0 Å². The van der Waals surface area contributed by atoms with Gasteiger partial charge in [0.1, 0.15) is 0 Å².